The topological polar surface area (TPSA) is 18.5 Å². The number of hydrogen-bond acceptors (Lipinski definition) is 2. The zero-order valence-electron chi connectivity index (χ0n) is 9.89. The lowest BCUT2D eigenvalue weighted by Gasteiger charge is -2.22. The second-order valence-electron chi connectivity index (χ2n) is 4.91. The summed E-state index contributed by atoms with van der Waals surface area (Å²) in [4.78, 5) is 0. The van der Waals surface area contributed by atoms with Gasteiger partial charge in [-0.1, -0.05) is 5.62 Å². The van der Waals surface area contributed by atoms with Crippen LogP contribution in [0.2, 0.25) is 5.62 Å². The van der Waals surface area contributed by atoms with Gasteiger partial charge in [0.1, 0.15) is 0 Å². The van der Waals surface area contributed by atoms with Crippen molar-refractivity contribution in [3.05, 3.63) is 0 Å². The van der Waals surface area contributed by atoms with Crippen molar-refractivity contribution in [2.75, 3.05) is 0 Å². The average molecular weight is 182 g/mol. The summed E-state index contributed by atoms with van der Waals surface area (Å²) in [5, 5.41) is 0. The molecule has 0 spiro atoms. The first-order chi connectivity index (χ1) is 5.81. The Labute approximate surface area is 84.7 Å². The third-order valence-corrected chi connectivity index (χ3v) is 1.51. The van der Waals surface area contributed by atoms with Gasteiger partial charge in [-0.2, -0.15) is 0 Å². The minimum Gasteiger partial charge on any atom is -0.439 e. The number of rotatable bonds is 5. The van der Waals surface area contributed by atoms with Crippen LogP contribution < -0.4 is 0 Å². The summed E-state index contributed by atoms with van der Waals surface area (Å²) in [6.45, 7) is 10.3. The Kier molecular flexibility index (Phi) is 5.81. The molecule has 0 aliphatic rings. The van der Waals surface area contributed by atoms with E-state index in [0.29, 0.717) is 11.7 Å². The van der Waals surface area contributed by atoms with Gasteiger partial charge < -0.3 is 9.31 Å². The summed E-state index contributed by atoms with van der Waals surface area (Å²) in [5.74, 6) is 0. The maximum atomic E-state index is 5.64. The highest BCUT2D eigenvalue weighted by Crippen LogP contribution is 2.08. The van der Waals surface area contributed by atoms with Crippen LogP contribution in [0.25, 0.3) is 0 Å². The minimum absolute atomic E-state index is 0.0356. The molecule has 0 amide bonds. The van der Waals surface area contributed by atoms with Gasteiger partial charge in [0.05, 0.1) is 7.85 Å². The van der Waals surface area contributed by atoms with Crippen molar-refractivity contribution < 1.29 is 9.31 Å². The van der Waals surface area contributed by atoms with E-state index in [4.69, 9.17) is 9.31 Å². The molecular formula is C8H21B3O2. The summed E-state index contributed by atoms with van der Waals surface area (Å²) in [6.07, 6.45) is 0.317. The standard InChI is InChI=1S/C8H21B3O2/c1-6(2)12-10-7(9)11-13-8(3,4)5/h6-7,10-11H,9H2,1-5H3. The van der Waals surface area contributed by atoms with Crippen molar-refractivity contribution in [3.8, 4) is 0 Å². The molecule has 0 radical (unpaired) electrons. The molecule has 0 saturated carbocycles. The molecule has 0 aromatic rings. The first kappa shape index (κ1) is 13.1. The van der Waals surface area contributed by atoms with E-state index < -0.39 is 0 Å². The van der Waals surface area contributed by atoms with E-state index in [1.54, 1.807) is 0 Å². The molecule has 0 aliphatic carbocycles. The summed E-state index contributed by atoms with van der Waals surface area (Å²) in [5.41, 5.74) is 0.438. The van der Waals surface area contributed by atoms with Crippen LogP contribution in [0.4, 0.5) is 0 Å². The quantitative estimate of drug-likeness (QED) is 0.567. The molecule has 5 heteroatoms. The Morgan fingerprint density at radius 1 is 1.15 bits per heavy atom. The van der Waals surface area contributed by atoms with E-state index in [0.717, 1.165) is 15.0 Å². The van der Waals surface area contributed by atoms with Crippen LogP contribution in [-0.4, -0.2) is 34.5 Å². The van der Waals surface area contributed by atoms with Gasteiger partial charge in [0, 0.05) is 11.7 Å². The van der Waals surface area contributed by atoms with E-state index in [1.165, 1.54) is 0 Å². The normalized spacial score (nSPS) is 14.3. The van der Waals surface area contributed by atoms with Gasteiger partial charge in [0.2, 0.25) is 0 Å². The summed E-state index contributed by atoms with van der Waals surface area (Å²) >= 11 is 0. The molecule has 0 aromatic carbocycles. The Hall–Kier alpha value is 0.115. The second-order valence-corrected chi connectivity index (χ2v) is 4.91. The van der Waals surface area contributed by atoms with Gasteiger partial charge in [0.25, 0.3) is 15.0 Å². The highest BCUT2D eigenvalue weighted by atomic mass is 16.5. The summed E-state index contributed by atoms with van der Waals surface area (Å²) < 4.78 is 11.1. The van der Waals surface area contributed by atoms with Gasteiger partial charge in [-0.3, -0.25) is 0 Å². The van der Waals surface area contributed by atoms with E-state index >= 15 is 0 Å². The smallest absolute Gasteiger partial charge is 0.265 e. The number of hydrogen-bond donors (Lipinski definition) is 0. The van der Waals surface area contributed by atoms with E-state index in [1.807, 2.05) is 0 Å². The lowest BCUT2D eigenvalue weighted by molar-refractivity contribution is 0.138. The molecule has 0 fully saturated rings. The summed E-state index contributed by atoms with van der Waals surface area (Å²) in [6, 6.07) is 0. The van der Waals surface area contributed by atoms with E-state index in [9.17, 15) is 0 Å². The molecular weight excluding hydrogens is 161 g/mol. The van der Waals surface area contributed by atoms with Crippen molar-refractivity contribution in [2.45, 2.75) is 51.9 Å². The largest absolute Gasteiger partial charge is 0.439 e. The molecule has 13 heavy (non-hydrogen) atoms. The molecule has 0 N–H and O–H groups in total. The van der Waals surface area contributed by atoms with E-state index in [2.05, 4.69) is 42.5 Å². The van der Waals surface area contributed by atoms with Crippen LogP contribution >= 0.6 is 0 Å². The lowest BCUT2D eigenvalue weighted by Crippen LogP contribution is -2.27. The zero-order valence-corrected chi connectivity index (χ0v) is 9.89. The van der Waals surface area contributed by atoms with Crippen LogP contribution in [0, 0.1) is 0 Å². The fourth-order valence-electron chi connectivity index (χ4n) is 0.797. The Morgan fingerprint density at radius 3 is 2.08 bits per heavy atom. The zero-order chi connectivity index (χ0) is 10.5. The first-order valence-corrected chi connectivity index (χ1v) is 5.07. The molecule has 0 bridgehead atoms. The molecule has 1 unspecified atom stereocenters. The maximum Gasteiger partial charge on any atom is 0.265 e. The predicted octanol–water partition coefficient (Wildman–Crippen LogP) is 0.266. The summed E-state index contributed by atoms with van der Waals surface area (Å²) in [7, 11) is 3.71. The van der Waals surface area contributed by atoms with Gasteiger partial charge in [0.15, 0.2) is 0 Å². The van der Waals surface area contributed by atoms with E-state index in [-0.39, 0.29) is 5.60 Å². The van der Waals surface area contributed by atoms with Crippen LogP contribution in [-0.2, 0) is 9.31 Å². The van der Waals surface area contributed by atoms with Crippen molar-refractivity contribution in [1.82, 2.24) is 0 Å². The fourth-order valence-corrected chi connectivity index (χ4v) is 0.797. The van der Waals surface area contributed by atoms with Crippen molar-refractivity contribution >= 4 is 22.8 Å². The van der Waals surface area contributed by atoms with Crippen molar-refractivity contribution in [2.24, 2.45) is 0 Å². The Bertz CT molecular complexity index is 134. The fraction of sp³-hybridized carbons (Fsp3) is 1.00. The van der Waals surface area contributed by atoms with Crippen LogP contribution in [0.3, 0.4) is 0 Å². The molecule has 0 aliphatic heterocycles. The SMILES string of the molecule is BC(BOC(C)C)BOC(C)(C)C. The third kappa shape index (κ3) is 10.0. The van der Waals surface area contributed by atoms with Crippen molar-refractivity contribution in [1.29, 1.82) is 0 Å². The monoisotopic (exact) mass is 182 g/mol. The second kappa shape index (κ2) is 5.76. The van der Waals surface area contributed by atoms with Crippen LogP contribution in [0.5, 0.6) is 0 Å². The average Bonchev–Trinajstić information content (AvgIpc) is 1.95. The molecule has 0 aromatic heterocycles. The van der Waals surface area contributed by atoms with Gasteiger partial charge in [-0.05, 0) is 34.6 Å². The molecule has 1 atom stereocenters. The van der Waals surface area contributed by atoms with Crippen LogP contribution in [0.1, 0.15) is 34.6 Å². The molecule has 0 heterocycles. The van der Waals surface area contributed by atoms with Crippen molar-refractivity contribution in [3.63, 3.8) is 0 Å². The maximum absolute atomic E-state index is 5.64. The van der Waals surface area contributed by atoms with Gasteiger partial charge >= 0.3 is 0 Å². The molecule has 2 nitrogen and oxygen atoms in total. The highest BCUT2D eigenvalue weighted by Gasteiger charge is 2.15. The minimum atomic E-state index is -0.0356. The Balaban J connectivity index is 3.46. The highest BCUT2D eigenvalue weighted by molar-refractivity contribution is 6.65. The molecule has 0 rings (SSSR count). The third-order valence-electron chi connectivity index (χ3n) is 1.51. The first-order valence-electron chi connectivity index (χ1n) is 5.07. The molecule has 0 saturated heterocycles. The van der Waals surface area contributed by atoms with Crippen LogP contribution in [0.15, 0.2) is 0 Å². The lowest BCUT2D eigenvalue weighted by atomic mass is 9.50. The van der Waals surface area contributed by atoms with Gasteiger partial charge in [-0.15, -0.1) is 0 Å². The Morgan fingerprint density at radius 2 is 1.69 bits per heavy atom. The van der Waals surface area contributed by atoms with Gasteiger partial charge in [-0.25, -0.2) is 0 Å². The predicted molar refractivity (Wildman–Crippen MR) is 63.7 cm³/mol. The molecule has 74 valence electrons.